The smallest absolute Gasteiger partial charge is 0.220 e. The summed E-state index contributed by atoms with van der Waals surface area (Å²) in [5.41, 5.74) is 10.8. The van der Waals surface area contributed by atoms with Gasteiger partial charge in [-0.1, -0.05) is 19.3 Å². The van der Waals surface area contributed by atoms with Gasteiger partial charge in [0.2, 0.25) is 11.8 Å². The van der Waals surface area contributed by atoms with Gasteiger partial charge >= 0.3 is 0 Å². The van der Waals surface area contributed by atoms with Crippen LogP contribution < -0.4 is 16.8 Å². The Balaban J connectivity index is 0.00000289. The van der Waals surface area contributed by atoms with Crippen molar-refractivity contribution in [1.82, 2.24) is 5.32 Å². The maximum absolute atomic E-state index is 11.7. The molecule has 0 atom stereocenters. The molecule has 0 aromatic heterocycles. The average Bonchev–Trinajstić information content (AvgIpc) is 2.29. The highest BCUT2D eigenvalue weighted by Crippen LogP contribution is 2.38. The molecule has 106 valence electrons. The molecule has 0 aliphatic heterocycles. The van der Waals surface area contributed by atoms with Crippen molar-refractivity contribution < 1.29 is 9.59 Å². The largest absolute Gasteiger partial charge is 0.370 e. The van der Waals surface area contributed by atoms with E-state index in [0.29, 0.717) is 19.5 Å². The van der Waals surface area contributed by atoms with E-state index in [1.807, 2.05) is 0 Å². The van der Waals surface area contributed by atoms with Crippen LogP contribution >= 0.6 is 12.4 Å². The molecule has 6 heteroatoms. The van der Waals surface area contributed by atoms with E-state index < -0.39 is 5.91 Å². The molecule has 1 aliphatic carbocycles. The quantitative estimate of drug-likeness (QED) is 0.666. The second kappa shape index (κ2) is 8.32. The number of rotatable bonds is 6. The van der Waals surface area contributed by atoms with Gasteiger partial charge in [-0.05, 0) is 24.8 Å². The van der Waals surface area contributed by atoms with E-state index in [1.165, 1.54) is 6.42 Å². The summed E-state index contributed by atoms with van der Waals surface area (Å²) in [7, 11) is 0. The summed E-state index contributed by atoms with van der Waals surface area (Å²) in [5.74, 6) is -0.407. The van der Waals surface area contributed by atoms with E-state index >= 15 is 0 Å². The third kappa shape index (κ3) is 5.69. The molecule has 5 nitrogen and oxygen atoms in total. The lowest BCUT2D eigenvalue weighted by Gasteiger charge is -2.35. The van der Waals surface area contributed by atoms with Crippen LogP contribution in [0.4, 0.5) is 0 Å². The molecule has 0 aromatic carbocycles. The summed E-state index contributed by atoms with van der Waals surface area (Å²) in [4.78, 5) is 22.3. The third-order valence-electron chi connectivity index (χ3n) is 3.58. The van der Waals surface area contributed by atoms with Gasteiger partial charge in [0.1, 0.15) is 0 Å². The first-order valence-electron chi connectivity index (χ1n) is 6.33. The van der Waals surface area contributed by atoms with Gasteiger partial charge in [0, 0.05) is 19.4 Å². The van der Waals surface area contributed by atoms with Crippen LogP contribution in [0.5, 0.6) is 0 Å². The van der Waals surface area contributed by atoms with Gasteiger partial charge in [-0.3, -0.25) is 9.59 Å². The second-order valence-electron chi connectivity index (χ2n) is 5.01. The third-order valence-corrected chi connectivity index (χ3v) is 3.58. The maximum Gasteiger partial charge on any atom is 0.220 e. The first-order valence-corrected chi connectivity index (χ1v) is 6.33. The molecule has 1 rings (SSSR count). The Hall–Kier alpha value is -0.810. The van der Waals surface area contributed by atoms with E-state index in [1.54, 1.807) is 0 Å². The molecule has 0 radical (unpaired) electrons. The minimum absolute atomic E-state index is 0. The van der Waals surface area contributed by atoms with Gasteiger partial charge in [-0.2, -0.15) is 0 Å². The standard InChI is InChI=1S/C12H23N3O2.ClH/c13-9-12(5-2-1-3-6-12)8-11(17)15-7-4-10(14)16;/h1-9,13H2,(H2,14,16)(H,15,17);1H. The number of halogens is 1. The Morgan fingerprint density at radius 2 is 1.78 bits per heavy atom. The molecule has 2 amide bonds. The van der Waals surface area contributed by atoms with E-state index in [9.17, 15) is 9.59 Å². The molecular weight excluding hydrogens is 254 g/mol. The summed E-state index contributed by atoms with van der Waals surface area (Å²) in [5, 5.41) is 2.73. The molecule has 18 heavy (non-hydrogen) atoms. The Labute approximate surface area is 114 Å². The lowest BCUT2D eigenvalue weighted by molar-refractivity contribution is -0.124. The zero-order valence-corrected chi connectivity index (χ0v) is 11.6. The molecule has 0 heterocycles. The van der Waals surface area contributed by atoms with Crippen molar-refractivity contribution in [2.75, 3.05) is 13.1 Å². The number of carbonyl (C=O) groups is 2. The molecule has 1 fully saturated rings. The van der Waals surface area contributed by atoms with Gasteiger partial charge < -0.3 is 16.8 Å². The minimum Gasteiger partial charge on any atom is -0.370 e. The Bertz CT molecular complexity index is 278. The number of nitrogens with two attached hydrogens (primary N) is 2. The minimum atomic E-state index is -0.392. The van der Waals surface area contributed by atoms with E-state index in [4.69, 9.17) is 11.5 Å². The predicted molar refractivity (Wildman–Crippen MR) is 73.3 cm³/mol. The highest BCUT2D eigenvalue weighted by Gasteiger charge is 2.32. The normalized spacial score (nSPS) is 17.6. The highest BCUT2D eigenvalue weighted by atomic mass is 35.5. The van der Waals surface area contributed by atoms with E-state index in [0.717, 1.165) is 25.7 Å². The summed E-state index contributed by atoms with van der Waals surface area (Å²) >= 11 is 0. The number of carbonyl (C=O) groups excluding carboxylic acids is 2. The average molecular weight is 278 g/mol. The summed E-state index contributed by atoms with van der Waals surface area (Å²) in [6.45, 7) is 0.894. The maximum atomic E-state index is 11.7. The van der Waals surface area contributed by atoms with Gasteiger partial charge in [-0.25, -0.2) is 0 Å². The Morgan fingerprint density at radius 1 is 1.17 bits per heavy atom. The van der Waals surface area contributed by atoms with Crippen LogP contribution in [0.1, 0.15) is 44.9 Å². The Morgan fingerprint density at radius 3 is 2.28 bits per heavy atom. The van der Waals surface area contributed by atoms with Crippen LogP contribution in [0.3, 0.4) is 0 Å². The zero-order valence-electron chi connectivity index (χ0n) is 10.7. The van der Waals surface area contributed by atoms with Gasteiger partial charge in [-0.15, -0.1) is 12.4 Å². The topological polar surface area (TPSA) is 98.2 Å². The van der Waals surface area contributed by atoms with Crippen LogP contribution in [0.15, 0.2) is 0 Å². The summed E-state index contributed by atoms with van der Waals surface area (Å²) in [6, 6.07) is 0. The number of amides is 2. The lowest BCUT2D eigenvalue weighted by atomic mass is 9.71. The van der Waals surface area contributed by atoms with Crippen molar-refractivity contribution in [2.45, 2.75) is 44.9 Å². The molecule has 0 saturated heterocycles. The van der Waals surface area contributed by atoms with Crippen molar-refractivity contribution >= 4 is 24.2 Å². The first-order chi connectivity index (χ1) is 8.08. The first kappa shape index (κ1) is 17.2. The van der Waals surface area contributed by atoms with Crippen LogP contribution in [0.25, 0.3) is 0 Å². The fraction of sp³-hybridized carbons (Fsp3) is 0.833. The lowest BCUT2D eigenvalue weighted by Crippen LogP contribution is -2.39. The summed E-state index contributed by atoms with van der Waals surface area (Å²) < 4.78 is 0. The molecule has 1 aliphatic rings. The van der Waals surface area contributed by atoms with Gasteiger partial charge in [0.15, 0.2) is 0 Å². The number of primary amides is 1. The molecule has 5 N–H and O–H groups in total. The summed E-state index contributed by atoms with van der Waals surface area (Å²) in [6.07, 6.45) is 6.30. The molecular formula is C12H24ClN3O2. The monoisotopic (exact) mass is 277 g/mol. The van der Waals surface area contributed by atoms with Crippen LogP contribution in [0.2, 0.25) is 0 Å². The van der Waals surface area contributed by atoms with Gasteiger partial charge in [0.25, 0.3) is 0 Å². The van der Waals surface area contributed by atoms with Crippen molar-refractivity contribution in [1.29, 1.82) is 0 Å². The van der Waals surface area contributed by atoms with Crippen molar-refractivity contribution in [3.8, 4) is 0 Å². The van der Waals surface area contributed by atoms with Crippen LogP contribution in [-0.2, 0) is 9.59 Å². The highest BCUT2D eigenvalue weighted by molar-refractivity contribution is 5.85. The van der Waals surface area contributed by atoms with E-state index in [2.05, 4.69) is 5.32 Å². The van der Waals surface area contributed by atoms with E-state index in [-0.39, 0.29) is 30.2 Å². The molecule has 0 aromatic rings. The molecule has 1 saturated carbocycles. The number of nitrogens with one attached hydrogen (secondary N) is 1. The van der Waals surface area contributed by atoms with Crippen molar-refractivity contribution in [2.24, 2.45) is 16.9 Å². The molecule has 0 bridgehead atoms. The molecule has 0 unspecified atom stereocenters. The van der Waals surface area contributed by atoms with Crippen LogP contribution in [0, 0.1) is 5.41 Å². The Kier molecular flexibility index (Phi) is 7.95. The molecule has 0 spiro atoms. The number of hydrogen-bond acceptors (Lipinski definition) is 3. The fourth-order valence-electron chi connectivity index (χ4n) is 2.48. The van der Waals surface area contributed by atoms with Crippen molar-refractivity contribution in [3.05, 3.63) is 0 Å². The SMILES string of the molecule is Cl.NCC1(CC(=O)NCCC(N)=O)CCCCC1. The zero-order chi connectivity index (χ0) is 12.7. The van der Waals surface area contributed by atoms with Crippen molar-refractivity contribution in [3.63, 3.8) is 0 Å². The fourth-order valence-corrected chi connectivity index (χ4v) is 2.48. The second-order valence-corrected chi connectivity index (χ2v) is 5.01. The number of hydrogen-bond donors (Lipinski definition) is 3. The predicted octanol–water partition coefficient (Wildman–Crippen LogP) is 0.699. The van der Waals surface area contributed by atoms with Crippen LogP contribution in [-0.4, -0.2) is 24.9 Å². The van der Waals surface area contributed by atoms with Gasteiger partial charge in [0.05, 0.1) is 0 Å².